The Kier molecular flexibility index (Phi) is 4.35. The fourth-order valence-corrected chi connectivity index (χ4v) is 3.34. The summed E-state index contributed by atoms with van der Waals surface area (Å²) in [6.07, 6.45) is 1.54. The summed E-state index contributed by atoms with van der Waals surface area (Å²) >= 11 is 0. The molecule has 0 atom stereocenters. The van der Waals surface area contributed by atoms with Gasteiger partial charge in [-0.05, 0) is 18.2 Å². The minimum absolute atomic E-state index is 0.105. The molecule has 1 saturated heterocycles. The van der Waals surface area contributed by atoms with Crippen molar-refractivity contribution in [1.82, 2.24) is 4.98 Å². The molecule has 0 spiro atoms. The highest BCUT2D eigenvalue weighted by atomic mass is 28.3. The quantitative estimate of drug-likeness (QED) is 0.551. The van der Waals surface area contributed by atoms with Crippen molar-refractivity contribution >= 4 is 24.7 Å². The number of halogens is 2. The van der Waals surface area contributed by atoms with Gasteiger partial charge in [-0.3, -0.25) is 4.98 Å². The second-order valence-corrected chi connectivity index (χ2v) is 12.2. The van der Waals surface area contributed by atoms with Crippen LogP contribution in [0.1, 0.15) is 18.4 Å². The van der Waals surface area contributed by atoms with E-state index in [4.69, 9.17) is 0 Å². The first-order valence-corrected chi connectivity index (χ1v) is 11.8. The Balaban J connectivity index is 2.03. The van der Waals surface area contributed by atoms with Gasteiger partial charge in [0.25, 0.3) is 5.92 Å². The van der Waals surface area contributed by atoms with Crippen molar-refractivity contribution in [2.24, 2.45) is 0 Å². The molecule has 2 heterocycles. The predicted molar refractivity (Wildman–Crippen MR) is 98.4 cm³/mol. The Hall–Kier alpha value is -1.93. The Morgan fingerprint density at radius 3 is 2.54 bits per heavy atom. The average molecular weight is 344 g/mol. The average Bonchev–Trinajstić information content (AvgIpc) is 2.51. The van der Waals surface area contributed by atoms with Crippen LogP contribution >= 0.6 is 0 Å². The molecule has 2 nitrogen and oxygen atoms in total. The molecule has 0 unspecified atom stereocenters. The van der Waals surface area contributed by atoms with Crippen molar-refractivity contribution in [2.45, 2.75) is 38.4 Å². The van der Waals surface area contributed by atoms with E-state index in [9.17, 15) is 8.78 Å². The Morgan fingerprint density at radius 2 is 1.88 bits per heavy atom. The molecule has 3 rings (SSSR count). The number of fused-ring (bicyclic) bond motifs is 1. The zero-order valence-electron chi connectivity index (χ0n) is 14.4. The smallest absolute Gasteiger partial charge is 0.251 e. The van der Waals surface area contributed by atoms with Crippen LogP contribution in [-0.4, -0.2) is 32.1 Å². The van der Waals surface area contributed by atoms with E-state index in [-0.39, 0.29) is 12.8 Å². The number of anilines is 1. The summed E-state index contributed by atoms with van der Waals surface area (Å²) in [6, 6.07) is 7.94. The highest BCUT2D eigenvalue weighted by Gasteiger charge is 2.34. The molecule has 1 aromatic heterocycles. The minimum Gasteiger partial charge on any atom is -0.369 e. The molecule has 2 aromatic rings. The van der Waals surface area contributed by atoms with Crippen LogP contribution in [0, 0.1) is 11.5 Å². The van der Waals surface area contributed by atoms with Crippen molar-refractivity contribution in [3.63, 3.8) is 0 Å². The lowest BCUT2D eigenvalue weighted by Gasteiger charge is -2.33. The molecule has 5 heteroatoms. The largest absolute Gasteiger partial charge is 0.369 e. The van der Waals surface area contributed by atoms with E-state index in [1.165, 1.54) is 0 Å². The van der Waals surface area contributed by atoms with Crippen molar-refractivity contribution in [3.8, 4) is 11.5 Å². The summed E-state index contributed by atoms with van der Waals surface area (Å²) in [7, 11) is -1.47. The van der Waals surface area contributed by atoms with E-state index < -0.39 is 14.0 Å². The molecule has 0 bridgehead atoms. The van der Waals surface area contributed by atoms with Gasteiger partial charge >= 0.3 is 0 Å². The van der Waals surface area contributed by atoms with Gasteiger partial charge in [-0.1, -0.05) is 31.6 Å². The number of pyridine rings is 1. The van der Waals surface area contributed by atoms with Crippen molar-refractivity contribution in [2.75, 3.05) is 18.0 Å². The van der Waals surface area contributed by atoms with E-state index in [2.05, 4.69) is 36.1 Å². The highest BCUT2D eigenvalue weighted by Crippen LogP contribution is 2.33. The number of rotatable bonds is 1. The Morgan fingerprint density at radius 1 is 1.17 bits per heavy atom. The van der Waals surface area contributed by atoms with Crippen molar-refractivity contribution in [3.05, 3.63) is 36.0 Å². The van der Waals surface area contributed by atoms with Crippen LogP contribution in [0.5, 0.6) is 0 Å². The number of nitrogens with zero attached hydrogens (tertiary/aromatic N) is 2. The number of aromatic nitrogens is 1. The van der Waals surface area contributed by atoms with E-state index in [1.54, 1.807) is 6.20 Å². The summed E-state index contributed by atoms with van der Waals surface area (Å²) in [5, 5.41) is 1.01. The number of hydrogen-bond acceptors (Lipinski definition) is 2. The van der Waals surface area contributed by atoms with Gasteiger partial charge in [0.1, 0.15) is 8.07 Å². The molecule has 0 amide bonds. The van der Waals surface area contributed by atoms with Crippen LogP contribution in [0.15, 0.2) is 30.5 Å². The highest BCUT2D eigenvalue weighted by molar-refractivity contribution is 6.83. The third-order valence-electron chi connectivity index (χ3n) is 4.10. The first kappa shape index (κ1) is 16.9. The molecule has 0 saturated carbocycles. The maximum absolute atomic E-state index is 13.5. The molecule has 1 aliphatic rings. The molecule has 1 fully saturated rings. The van der Waals surface area contributed by atoms with Gasteiger partial charge < -0.3 is 4.90 Å². The Bertz CT molecular complexity index is 805. The summed E-state index contributed by atoms with van der Waals surface area (Å²) in [5.41, 5.74) is 6.09. The van der Waals surface area contributed by atoms with Gasteiger partial charge in [-0.2, -0.15) is 0 Å². The maximum atomic E-state index is 13.5. The second kappa shape index (κ2) is 6.17. The summed E-state index contributed by atoms with van der Waals surface area (Å²) in [4.78, 5) is 6.49. The molecule has 24 heavy (non-hydrogen) atoms. The van der Waals surface area contributed by atoms with E-state index in [0.717, 1.165) is 22.2 Å². The topological polar surface area (TPSA) is 16.1 Å². The molecular formula is C19H22F2N2Si. The summed E-state index contributed by atoms with van der Waals surface area (Å²) < 4.78 is 27.0. The molecule has 0 N–H and O–H groups in total. The third kappa shape index (κ3) is 3.93. The normalized spacial score (nSPS) is 17.5. The molecule has 1 aromatic carbocycles. The van der Waals surface area contributed by atoms with E-state index in [0.29, 0.717) is 13.1 Å². The van der Waals surface area contributed by atoms with Gasteiger partial charge in [0.2, 0.25) is 0 Å². The van der Waals surface area contributed by atoms with Gasteiger partial charge in [0.05, 0.1) is 11.2 Å². The molecule has 1 aliphatic heterocycles. The molecule has 126 valence electrons. The third-order valence-corrected chi connectivity index (χ3v) is 4.98. The van der Waals surface area contributed by atoms with Gasteiger partial charge in [-0.15, -0.1) is 5.54 Å². The number of benzene rings is 1. The monoisotopic (exact) mass is 344 g/mol. The lowest BCUT2D eigenvalue weighted by Crippen LogP contribution is -2.39. The predicted octanol–water partition coefficient (Wildman–Crippen LogP) is 4.70. The number of alkyl halides is 2. The maximum Gasteiger partial charge on any atom is 0.251 e. The zero-order valence-corrected chi connectivity index (χ0v) is 15.4. The van der Waals surface area contributed by atoms with Crippen LogP contribution < -0.4 is 4.90 Å². The second-order valence-electron chi connectivity index (χ2n) is 7.41. The number of hydrogen-bond donors (Lipinski definition) is 0. The molecule has 0 aliphatic carbocycles. The lowest BCUT2D eigenvalue weighted by atomic mass is 10.0. The zero-order chi connectivity index (χ0) is 17.4. The SMILES string of the molecule is C[Si](C)(C)C#Cc1cc(N2CCC(F)(F)CC2)c2ncccc2c1. The molecular weight excluding hydrogens is 322 g/mol. The van der Waals surface area contributed by atoms with Crippen LogP contribution in [0.4, 0.5) is 14.5 Å². The van der Waals surface area contributed by atoms with Crippen LogP contribution in [0.2, 0.25) is 19.6 Å². The first-order valence-electron chi connectivity index (χ1n) is 8.28. The fourth-order valence-electron chi connectivity index (χ4n) is 2.82. The Labute approximate surface area is 142 Å². The van der Waals surface area contributed by atoms with Crippen molar-refractivity contribution < 1.29 is 8.78 Å². The molecule has 0 radical (unpaired) electrons. The lowest BCUT2D eigenvalue weighted by molar-refractivity contribution is -0.0220. The first-order chi connectivity index (χ1) is 11.2. The van der Waals surface area contributed by atoms with Crippen LogP contribution in [-0.2, 0) is 0 Å². The van der Waals surface area contributed by atoms with Crippen molar-refractivity contribution in [1.29, 1.82) is 0 Å². The minimum atomic E-state index is -2.55. The number of piperidine rings is 1. The van der Waals surface area contributed by atoms with Gasteiger partial charge in [0, 0.05) is 43.1 Å². The van der Waals surface area contributed by atoms with Gasteiger partial charge in [0.15, 0.2) is 0 Å². The summed E-state index contributed by atoms with van der Waals surface area (Å²) in [6.45, 7) is 7.32. The van der Waals surface area contributed by atoms with Crippen LogP contribution in [0.25, 0.3) is 10.9 Å². The van der Waals surface area contributed by atoms with E-state index in [1.807, 2.05) is 29.2 Å². The van der Waals surface area contributed by atoms with Gasteiger partial charge in [-0.25, -0.2) is 8.78 Å². The standard InChI is InChI=1S/C19H22F2N2Si/c1-24(2,3)12-6-15-13-16-5-4-9-22-18(16)17(14-15)23-10-7-19(20,21)8-11-23/h4-5,9,13-14H,7-8,10-11H2,1-3H3. The van der Waals surface area contributed by atoms with E-state index >= 15 is 0 Å². The van der Waals surface area contributed by atoms with Crippen LogP contribution in [0.3, 0.4) is 0 Å². The summed E-state index contributed by atoms with van der Waals surface area (Å²) in [5.74, 6) is 0.735. The fraction of sp³-hybridized carbons (Fsp3) is 0.421.